The predicted molar refractivity (Wildman–Crippen MR) is 77.5 cm³/mol. The van der Waals surface area contributed by atoms with Gasteiger partial charge in [-0.15, -0.1) is 0 Å². The van der Waals surface area contributed by atoms with Gasteiger partial charge in [0.15, 0.2) is 6.19 Å². The largest absolute Gasteiger partial charge is 0.366 e. The third kappa shape index (κ3) is 3.42. The Balaban J connectivity index is 2.11. The van der Waals surface area contributed by atoms with E-state index in [0.29, 0.717) is 17.2 Å². The topological polar surface area (TPSA) is 64.8 Å². The first-order valence-corrected chi connectivity index (χ1v) is 6.53. The molecule has 1 aromatic carbocycles. The first-order chi connectivity index (χ1) is 9.60. The van der Waals surface area contributed by atoms with E-state index in [-0.39, 0.29) is 12.4 Å². The monoisotopic (exact) mass is 335 g/mol. The molecule has 102 valence electrons. The van der Waals surface area contributed by atoms with Gasteiger partial charge in [-0.05, 0) is 18.2 Å². The molecule has 0 aliphatic heterocycles. The molecule has 1 aromatic heterocycles. The lowest BCUT2D eigenvalue weighted by Gasteiger charge is -2.10. The molecule has 0 fully saturated rings. The van der Waals surface area contributed by atoms with Crippen molar-refractivity contribution >= 4 is 27.6 Å². The van der Waals surface area contributed by atoms with Gasteiger partial charge in [0.2, 0.25) is 0 Å². The number of halogens is 2. The zero-order valence-electron chi connectivity index (χ0n) is 10.6. The predicted octanol–water partition coefficient (Wildman–Crippen LogP) is 2.91. The number of hydrogen-bond acceptors (Lipinski definition) is 5. The second-order valence-electron chi connectivity index (χ2n) is 4.01. The third-order valence-electron chi connectivity index (χ3n) is 2.61. The lowest BCUT2D eigenvalue weighted by atomic mass is 10.2. The minimum atomic E-state index is -0.288. The van der Waals surface area contributed by atoms with E-state index in [0.717, 1.165) is 4.47 Å². The Kier molecular flexibility index (Phi) is 4.48. The molecule has 0 saturated heterocycles. The number of aromatic nitrogens is 2. The van der Waals surface area contributed by atoms with E-state index in [1.165, 1.54) is 17.3 Å². The van der Waals surface area contributed by atoms with Crippen molar-refractivity contribution in [3.63, 3.8) is 0 Å². The van der Waals surface area contributed by atoms with Crippen LogP contribution in [-0.2, 0) is 6.54 Å². The lowest BCUT2D eigenvalue weighted by Crippen LogP contribution is -2.11. The number of rotatable bonds is 4. The molecule has 0 aliphatic carbocycles. The van der Waals surface area contributed by atoms with Gasteiger partial charge in [-0.1, -0.05) is 15.9 Å². The molecule has 2 aromatic rings. The van der Waals surface area contributed by atoms with Crippen LogP contribution in [0.1, 0.15) is 5.56 Å². The molecule has 0 atom stereocenters. The molecule has 0 spiro atoms. The molecule has 1 heterocycles. The van der Waals surface area contributed by atoms with Gasteiger partial charge in [-0.25, -0.2) is 14.4 Å². The molecule has 20 heavy (non-hydrogen) atoms. The smallest absolute Gasteiger partial charge is 0.185 e. The highest BCUT2D eigenvalue weighted by Gasteiger charge is 2.05. The quantitative estimate of drug-likeness (QED) is 0.687. The van der Waals surface area contributed by atoms with E-state index in [9.17, 15) is 4.39 Å². The van der Waals surface area contributed by atoms with Gasteiger partial charge in [-0.3, -0.25) is 4.90 Å². The number of hydrogen-bond donors (Lipinski definition) is 1. The number of nitrogens with zero attached hydrogens (tertiary/aromatic N) is 4. The highest BCUT2D eigenvalue weighted by Crippen LogP contribution is 2.17. The number of nitrogens with one attached hydrogen (secondary N) is 1. The number of anilines is 2. The summed E-state index contributed by atoms with van der Waals surface area (Å²) in [5, 5.41) is 11.8. The zero-order valence-corrected chi connectivity index (χ0v) is 12.2. The first kappa shape index (κ1) is 14.2. The molecule has 0 aliphatic rings. The van der Waals surface area contributed by atoms with Crippen molar-refractivity contribution in [2.24, 2.45) is 0 Å². The summed E-state index contributed by atoms with van der Waals surface area (Å²) in [6.07, 6.45) is 3.30. The Morgan fingerprint density at radius 3 is 2.95 bits per heavy atom. The van der Waals surface area contributed by atoms with E-state index in [4.69, 9.17) is 5.26 Å². The van der Waals surface area contributed by atoms with Crippen LogP contribution in [0.4, 0.5) is 16.0 Å². The van der Waals surface area contributed by atoms with Crippen molar-refractivity contribution in [2.45, 2.75) is 6.54 Å². The summed E-state index contributed by atoms with van der Waals surface area (Å²) in [4.78, 5) is 9.31. The highest BCUT2D eigenvalue weighted by molar-refractivity contribution is 9.10. The van der Waals surface area contributed by atoms with Gasteiger partial charge in [0.1, 0.15) is 23.8 Å². The molecule has 0 amide bonds. The van der Waals surface area contributed by atoms with Crippen molar-refractivity contribution in [1.29, 1.82) is 5.26 Å². The number of nitriles is 1. The fourth-order valence-electron chi connectivity index (χ4n) is 1.54. The van der Waals surface area contributed by atoms with Gasteiger partial charge in [0, 0.05) is 29.7 Å². The van der Waals surface area contributed by atoms with Crippen molar-refractivity contribution in [2.75, 3.05) is 17.3 Å². The molecular weight excluding hydrogens is 325 g/mol. The maximum Gasteiger partial charge on any atom is 0.185 e. The summed E-state index contributed by atoms with van der Waals surface area (Å²) in [6, 6.07) is 6.37. The minimum Gasteiger partial charge on any atom is -0.366 e. The van der Waals surface area contributed by atoms with Crippen LogP contribution in [0.15, 0.2) is 35.1 Å². The summed E-state index contributed by atoms with van der Waals surface area (Å²) in [7, 11) is 1.60. The average molecular weight is 336 g/mol. The lowest BCUT2D eigenvalue weighted by molar-refractivity contribution is 0.612. The van der Waals surface area contributed by atoms with E-state index in [1.54, 1.807) is 25.2 Å². The molecule has 1 N–H and O–H groups in total. The summed E-state index contributed by atoms with van der Waals surface area (Å²) in [6.45, 7) is 0.290. The standard InChI is InChI=1S/C13H11BrFN5/c1-20(7-16)13-5-12(18-8-19-13)17-6-9-4-10(14)2-3-11(9)15/h2-5,8H,6H2,1H3,(H,17,18,19). The van der Waals surface area contributed by atoms with E-state index >= 15 is 0 Å². The van der Waals surface area contributed by atoms with E-state index in [1.807, 2.05) is 6.19 Å². The first-order valence-electron chi connectivity index (χ1n) is 5.73. The average Bonchev–Trinajstić information content (AvgIpc) is 2.47. The third-order valence-corrected chi connectivity index (χ3v) is 3.11. The molecule has 0 radical (unpaired) electrons. The number of benzene rings is 1. The van der Waals surface area contributed by atoms with Gasteiger partial charge in [0.25, 0.3) is 0 Å². The van der Waals surface area contributed by atoms with E-state index < -0.39 is 0 Å². The molecule has 0 saturated carbocycles. The Morgan fingerprint density at radius 2 is 2.20 bits per heavy atom. The SMILES string of the molecule is CN(C#N)c1cc(NCc2cc(Br)ccc2F)ncn1. The van der Waals surface area contributed by atoms with Gasteiger partial charge in [-0.2, -0.15) is 5.26 Å². The fraction of sp³-hybridized carbons (Fsp3) is 0.154. The Morgan fingerprint density at radius 1 is 1.40 bits per heavy atom. The molecular formula is C13H11BrFN5. The molecule has 0 bridgehead atoms. The zero-order chi connectivity index (χ0) is 14.5. The van der Waals surface area contributed by atoms with Crippen molar-refractivity contribution in [3.8, 4) is 6.19 Å². The minimum absolute atomic E-state index is 0.288. The second kappa shape index (κ2) is 6.30. The maximum atomic E-state index is 13.6. The van der Waals surface area contributed by atoms with Crippen LogP contribution in [0.2, 0.25) is 0 Å². The van der Waals surface area contributed by atoms with Crippen molar-refractivity contribution in [3.05, 3.63) is 46.4 Å². The van der Waals surface area contributed by atoms with Crippen molar-refractivity contribution < 1.29 is 4.39 Å². The highest BCUT2D eigenvalue weighted by atomic mass is 79.9. The summed E-state index contributed by atoms with van der Waals surface area (Å²) in [5.74, 6) is 0.709. The van der Waals surface area contributed by atoms with Gasteiger partial charge in [0.05, 0.1) is 0 Å². The van der Waals surface area contributed by atoms with Crippen LogP contribution >= 0.6 is 15.9 Å². The van der Waals surface area contributed by atoms with Crippen LogP contribution in [0.5, 0.6) is 0 Å². The fourth-order valence-corrected chi connectivity index (χ4v) is 1.95. The van der Waals surface area contributed by atoms with Crippen LogP contribution in [0.3, 0.4) is 0 Å². The summed E-state index contributed by atoms with van der Waals surface area (Å²) >= 11 is 3.30. The Bertz CT molecular complexity index is 655. The van der Waals surface area contributed by atoms with Crippen LogP contribution in [0.25, 0.3) is 0 Å². The van der Waals surface area contributed by atoms with Crippen molar-refractivity contribution in [1.82, 2.24) is 9.97 Å². The van der Waals surface area contributed by atoms with Crippen LogP contribution < -0.4 is 10.2 Å². The van der Waals surface area contributed by atoms with Gasteiger partial charge < -0.3 is 5.32 Å². The van der Waals surface area contributed by atoms with Crippen LogP contribution in [0, 0.1) is 17.3 Å². The molecule has 5 nitrogen and oxygen atoms in total. The Labute approximate surface area is 124 Å². The summed E-state index contributed by atoms with van der Waals surface area (Å²) < 4.78 is 14.4. The van der Waals surface area contributed by atoms with E-state index in [2.05, 4.69) is 31.2 Å². The Hall–Kier alpha value is -2.20. The summed E-state index contributed by atoms with van der Waals surface area (Å²) in [5.41, 5.74) is 0.521. The molecule has 7 heteroatoms. The second-order valence-corrected chi connectivity index (χ2v) is 4.93. The van der Waals surface area contributed by atoms with Gasteiger partial charge >= 0.3 is 0 Å². The normalized spacial score (nSPS) is 9.90. The molecule has 2 rings (SSSR count). The van der Waals surface area contributed by atoms with Crippen LogP contribution in [-0.4, -0.2) is 17.0 Å². The maximum absolute atomic E-state index is 13.6. The molecule has 0 unspecified atom stereocenters.